The Balaban J connectivity index is 1.57. The molecule has 1 N–H and O–H groups in total. The molecule has 3 nitrogen and oxygen atoms in total. The van der Waals surface area contributed by atoms with Gasteiger partial charge in [-0.3, -0.25) is 4.39 Å². The summed E-state index contributed by atoms with van der Waals surface area (Å²) >= 11 is 0. The van der Waals surface area contributed by atoms with E-state index in [1.54, 1.807) is 12.1 Å². The highest BCUT2D eigenvalue weighted by Crippen LogP contribution is 2.44. The van der Waals surface area contributed by atoms with Gasteiger partial charge in [0.2, 0.25) is 0 Å². The second-order valence-corrected chi connectivity index (χ2v) is 10.6. The summed E-state index contributed by atoms with van der Waals surface area (Å²) in [7, 11) is 0. The highest BCUT2D eigenvalue weighted by Gasteiger charge is 2.36. The first kappa shape index (κ1) is 28.0. The van der Waals surface area contributed by atoms with Gasteiger partial charge in [0.1, 0.15) is 5.82 Å². The van der Waals surface area contributed by atoms with Crippen LogP contribution in [0, 0.1) is 11.7 Å². The van der Waals surface area contributed by atoms with Crippen molar-refractivity contribution in [3.8, 4) is 0 Å². The zero-order valence-electron chi connectivity index (χ0n) is 21.9. The lowest BCUT2D eigenvalue weighted by Gasteiger charge is -2.39. The Kier molecular flexibility index (Phi) is 8.08. The van der Waals surface area contributed by atoms with E-state index in [0.29, 0.717) is 54.4 Å². The Hall–Kier alpha value is -3.52. The van der Waals surface area contributed by atoms with E-state index in [4.69, 9.17) is 0 Å². The van der Waals surface area contributed by atoms with Crippen molar-refractivity contribution in [2.75, 3.05) is 26.3 Å². The van der Waals surface area contributed by atoms with Crippen LogP contribution in [-0.2, 0) is 19.0 Å². The van der Waals surface area contributed by atoms with Gasteiger partial charge < -0.3 is 10.0 Å². The zero-order chi connectivity index (χ0) is 28.4. The van der Waals surface area contributed by atoms with Crippen molar-refractivity contribution in [2.24, 2.45) is 5.92 Å². The third-order valence-electron chi connectivity index (χ3n) is 7.82. The van der Waals surface area contributed by atoms with Crippen molar-refractivity contribution in [3.63, 3.8) is 0 Å². The second kappa shape index (κ2) is 11.5. The molecule has 1 heterocycles. The van der Waals surface area contributed by atoms with Crippen LogP contribution in [-0.4, -0.2) is 42.3 Å². The average molecular weight is 556 g/mol. The number of carbonyl (C=O) groups is 1. The third-order valence-corrected chi connectivity index (χ3v) is 7.82. The van der Waals surface area contributed by atoms with E-state index in [1.165, 1.54) is 12.1 Å². The Morgan fingerprint density at radius 2 is 1.68 bits per heavy atom. The van der Waals surface area contributed by atoms with E-state index in [1.807, 2.05) is 24.3 Å². The first-order valence-electron chi connectivity index (χ1n) is 13.5. The van der Waals surface area contributed by atoms with Gasteiger partial charge in [-0.2, -0.15) is 13.2 Å². The van der Waals surface area contributed by atoms with Gasteiger partial charge in [-0.1, -0.05) is 36.4 Å². The molecule has 0 atom stereocenters. The maximum Gasteiger partial charge on any atom is 0.417 e. The summed E-state index contributed by atoms with van der Waals surface area (Å²) < 4.78 is 68.7. The van der Waals surface area contributed by atoms with Crippen LogP contribution in [0.5, 0.6) is 0 Å². The summed E-state index contributed by atoms with van der Waals surface area (Å²) in [5.74, 6) is -1.55. The topological polar surface area (TPSA) is 40.5 Å². The number of hydrogen-bond donors (Lipinski definition) is 1. The summed E-state index contributed by atoms with van der Waals surface area (Å²) in [6, 6.07) is 15.3. The molecule has 40 heavy (non-hydrogen) atoms. The van der Waals surface area contributed by atoms with Gasteiger partial charge in [-0.05, 0) is 101 Å². The molecule has 210 valence electrons. The summed E-state index contributed by atoms with van der Waals surface area (Å²) in [5, 5.41) is 9.52. The molecule has 1 aliphatic heterocycles. The maximum atomic E-state index is 14.1. The predicted molar refractivity (Wildman–Crippen MR) is 144 cm³/mol. The smallest absolute Gasteiger partial charge is 0.417 e. The van der Waals surface area contributed by atoms with Gasteiger partial charge in [0.15, 0.2) is 0 Å². The predicted octanol–water partition coefficient (Wildman–Crippen LogP) is 7.67. The number of aromatic carboxylic acids is 1. The van der Waals surface area contributed by atoms with Gasteiger partial charge in [0, 0.05) is 19.6 Å². The van der Waals surface area contributed by atoms with Crippen molar-refractivity contribution in [2.45, 2.75) is 38.3 Å². The first-order valence-corrected chi connectivity index (χ1v) is 13.5. The number of carboxylic acid groups (broad SMARTS) is 1. The number of allylic oxidation sites excluding steroid dienone is 1. The van der Waals surface area contributed by atoms with Gasteiger partial charge in [-0.15, -0.1) is 0 Å². The van der Waals surface area contributed by atoms with Gasteiger partial charge in [0.25, 0.3) is 0 Å². The fourth-order valence-electron chi connectivity index (χ4n) is 5.95. The summed E-state index contributed by atoms with van der Waals surface area (Å²) in [5.41, 5.74) is 3.37. The molecule has 3 aromatic carbocycles. The number of halogens is 5. The monoisotopic (exact) mass is 555 g/mol. The van der Waals surface area contributed by atoms with Crippen molar-refractivity contribution < 1.29 is 31.9 Å². The fourth-order valence-corrected chi connectivity index (χ4v) is 5.95. The normalized spacial score (nSPS) is 16.4. The lowest BCUT2D eigenvalue weighted by molar-refractivity contribution is -0.138. The molecule has 0 bridgehead atoms. The Morgan fingerprint density at radius 3 is 2.35 bits per heavy atom. The number of alkyl halides is 4. The molecule has 0 radical (unpaired) electrons. The standard InChI is InChI=1S/C32H30F5NO2/c33-13-2-14-38-18-21(19-38)15-20-5-7-22(8-6-20)30-26-11-9-24(31(39)40)16-23(26)3-1-4-28(30)27-12-10-25(34)17-29(27)32(35,36)37/h5-12,16-17,21H,1-4,13-15,18-19H2,(H,39,40). The number of fused-ring (bicyclic) bond motifs is 1. The largest absolute Gasteiger partial charge is 0.478 e. The van der Waals surface area contributed by atoms with E-state index < -0.39 is 23.5 Å². The molecule has 1 saturated heterocycles. The number of carboxylic acids is 1. The molecular formula is C32H30F5NO2. The summed E-state index contributed by atoms with van der Waals surface area (Å²) in [6.07, 6.45) is -2.01. The number of rotatable bonds is 8. The molecule has 8 heteroatoms. The lowest BCUT2D eigenvalue weighted by Crippen LogP contribution is -2.47. The van der Waals surface area contributed by atoms with Crippen LogP contribution in [0.25, 0.3) is 11.1 Å². The molecule has 1 aliphatic carbocycles. The van der Waals surface area contributed by atoms with Crippen molar-refractivity contribution in [3.05, 3.63) is 105 Å². The number of nitrogens with zero attached hydrogens (tertiary/aromatic N) is 1. The first-order chi connectivity index (χ1) is 19.1. The van der Waals surface area contributed by atoms with Gasteiger partial charge >= 0.3 is 12.1 Å². The molecule has 3 aromatic rings. The maximum absolute atomic E-state index is 14.1. The highest BCUT2D eigenvalue weighted by atomic mass is 19.4. The van der Waals surface area contributed by atoms with Crippen molar-refractivity contribution in [1.82, 2.24) is 4.90 Å². The fraction of sp³-hybridized carbons (Fsp3) is 0.344. The third kappa shape index (κ3) is 5.97. The van der Waals surface area contributed by atoms with E-state index in [0.717, 1.165) is 48.8 Å². The minimum absolute atomic E-state index is 0.0639. The Labute approximate surface area is 229 Å². The van der Waals surface area contributed by atoms with Crippen LogP contribution in [0.2, 0.25) is 0 Å². The Bertz CT molecular complexity index is 1420. The Morgan fingerprint density at radius 1 is 0.950 bits per heavy atom. The number of benzene rings is 3. The van der Waals surface area contributed by atoms with Gasteiger partial charge in [-0.25, -0.2) is 9.18 Å². The van der Waals surface area contributed by atoms with Crippen LogP contribution >= 0.6 is 0 Å². The lowest BCUT2D eigenvalue weighted by atomic mass is 9.85. The van der Waals surface area contributed by atoms with E-state index in [9.17, 15) is 31.9 Å². The van der Waals surface area contributed by atoms with Crippen LogP contribution in [0.1, 0.15) is 63.0 Å². The minimum atomic E-state index is -4.75. The molecule has 1 fully saturated rings. The molecular weight excluding hydrogens is 525 g/mol. The van der Waals surface area contributed by atoms with Crippen LogP contribution in [0.4, 0.5) is 22.0 Å². The molecule has 0 amide bonds. The molecule has 0 saturated carbocycles. The van der Waals surface area contributed by atoms with E-state index in [-0.39, 0.29) is 17.8 Å². The quantitative estimate of drug-likeness (QED) is 0.290. The number of aryl methyl sites for hydroxylation is 1. The van der Waals surface area contributed by atoms with Crippen molar-refractivity contribution >= 4 is 17.1 Å². The average Bonchev–Trinajstić information content (AvgIpc) is 3.09. The minimum Gasteiger partial charge on any atom is -0.478 e. The molecule has 0 aromatic heterocycles. The highest BCUT2D eigenvalue weighted by molar-refractivity contribution is 6.01. The van der Waals surface area contributed by atoms with Crippen LogP contribution in [0.15, 0.2) is 60.7 Å². The van der Waals surface area contributed by atoms with Crippen LogP contribution < -0.4 is 0 Å². The van der Waals surface area contributed by atoms with E-state index >= 15 is 0 Å². The molecule has 5 rings (SSSR count). The molecule has 0 unspecified atom stereocenters. The molecule has 2 aliphatic rings. The summed E-state index contributed by atoms with van der Waals surface area (Å²) in [4.78, 5) is 13.9. The zero-order valence-corrected chi connectivity index (χ0v) is 21.9. The van der Waals surface area contributed by atoms with Crippen LogP contribution in [0.3, 0.4) is 0 Å². The summed E-state index contributed by atoms with van der Waals surface area (Å²) in [6.45, 7) is 2.28. The number of hydrogen-bond acceptors (Lipinski definition) is 2. The van der Waals surface area contributed by atoms with Crippen molar-refractivity contribution in [1.29, 1.82) is 0 Å². The van der Waals surface area contributed by atoms with E-state index in [2.05, 4.69) is 4.90 Å². The number of likely N-dealkylation sites (tertiary alicyclic amines) is 1. The van der Waals surface area contributed by atoms with Gasteiger partial charge in [0.05, 0.1) is 17.8 Å². The second-order valence-electron chi connectivity index (χ2n) is 10.6. The SMILES string of the molecule is O=C(O)c1ccc2c(c1)CCCC(c1ccc(F)cc1C(F)(F)F)=C2c1ccc(CC2CN(CCCF)C2)cc1. The molecule has 0 spiro atoms.